The average Bonchev–Trinajstić information content (AvgIpc) is 2.60. The number of nitrogens with zero attached hydrogens (tertiary/aromatic N) is 1. The highest BCUT2D eigenvalue weighted by atomic mass is 79.9. The van der Waals surface area contributed by atoms with Gasteiger partial charge in [0.25, 0.3) is 10.0 Å². The fourth-order valence-electron chi connectivity index (χ4n) is 1.88. The number of aryl methyl sites for hydroxylation is 1. The third kappa shape index (κ3) is 3.26. The fraction of sp³-hybridized carbons (Fsp3) is 0.600. The van der Waals surface area contributed by atoms with Gasteiger partial charge in [-0.2, -0.15) is 4.31 Å². The Morgan fingerprint density at radius 1 is 1.56 bits per heavy atom. The normalized spacial score (nSPS) is 21.6. The van der Waals surface area contributed by atoms with Crippen molar-refractivity contribution in [1.82, 2.24) is 4.31 Å². The lowest BCUT2D eigenvalue weighted by Crippen LogP contribution is -2.45. The number of hydrogen-bond acceptors (Lipinski definition) is 4. The van der Waals surface area contributed by atoms with Gasteiger partial charge >= 0.3 is 0 Å². The summed E-state index contributed by atoms with van der Waals surface area (Å²) >= 11 is 4.62. The van der Waals surface area contributed by atoms with Crippen molar-refractivity contribution in [3.63, 3.8) is 0 Å². The van der Waals surface area contributed by atoms with Crippen molar-refractivity contribution < 1.29 is 8.42 Å². The summed E-state index contributed by atoms with van der Waals surface area (Å²) in [5, 5.41) is 0. The van der Waals surface area contributed by atoms with Crippen molar-refractivity contribution in [2.45, 2.75) is 30.0 Å². The topological polar surface area (TPSA) is 63.4 Å². The molecular formula is C10H16BrClN2O2S2. The van der Waals surface area contributed by atoms with E-state index in [9.17, 15) is 8.42 Å². The van der Waals surface area contributed by atoms with E-state index in [1.54, 1.807) is 6.07 Å². The van der Waals surface area contributed by atoms with Crippen molar-refractivity contribution in [2.75, 3.05) is 13.1 Å². The zero-order chi connectivity index (χ0) is 12.6. The lowest BCUT2D eigenvalue weighted by atomic mass is 10.1. The van der Waals surface area contributed by atoms with Gasteiger partial charge < -0.3 is 5.73 Å². The average molecular weight is 376 g/mol. The second kappa shape index (κ2) is 6.19. The molecule has 1 saturated heterocycles. The zero-order valence-electron chi connectivity index (χ0n) is 9.93. The Morgan fingerprint density at radius 2 is 2.22 bits per heavy atom. The quantitative estimate of drug-likeness (QED) is 0.863. The van der Waals surface area contributed by atoms with Crippen LogP contribution in [0.4, 0.5) is 0 Å². The van der Waals surface area contributed by atoms with Crippen LogP contribution >= 0.6 is 39.7 Å². The molecular weight excluding hydrogens is 360 g/mol. The summed E-state index contributed by atoms with van der Waals surface area (Å²) in [6.45, 7) is 2.89. The van der Waals surface area contributed by atoms with Crippen LogP contribution in [0.1, 0.15) is 18.4 Å². The van der Waals surface area contributed by atoms with E-state index in [0.717, 1.165) is 22.2 Å². The van der Waals surface area contributed by atoms with E-state index in [4.69, 9.17) is 5.73 Å². The molecule has 0 radical (unpaired) electrons. The van der Waals surface area contributed by atoms with Gasteiger partial charge in [0.15, 0.2) is 0 Å². The highest BCUT2D eigenvalue weighted by Gasteiger charge is 2.30. The monoisotopic (exact) mass is 374 g/mol. The maximum atomic E-state index is 12.4. The van der Waals surface area contributed by atoms with Crippen LogP contribution in [0.3, 0.4) is 0 Å². The maximum Gasteiger partial charge on any atom is 0.252 e. The van der Waals surface area contributed by atoms with Gasteiger partial charge in [-0.25, -0.2) is 8.42 Å². The first kappa shape index (κ1) is 16.4. The van der Waals surface area contributed by atoms with Gasteiger partial charge in [-0.1, -0.05) is 0 Å². The summed E-state index contributed by atoms with van der Waals surface area (Å²) in [7, 11) is -3.35. The molecule has 4 nitrogen and oxygen atoms in total. The molecule has 1 atom stereocenters. The Labute approximate surface area is 126 Å². The van der Waals surface area contributed by atoms with Crippen molar-refractivity contribution in [2.24, 2.45) is 5.73 Å². The van der Waals surface area contributed by atoms with Crippen LogP contribution < -0.4 is 5.73 Å². The second-order valence-electron chi connectivity index (χ2n) is 4.29. The SMILES string of the molecule is Cc1cc(S(=O)(=O)N2CCC[C@@H](N)C2)sc1Br.Cl. The lowest BCUT2D eigenvalue weighted by Gasteiger charge is -2.29. The van der Waals surface area contributed by atoms with Crippen molar-refractivity contribution in [3.05, 3.63) is 15.4 Å². The molecule has 2 heterocycles. The minimum Gasteiger partial charge on any atom is -0.327 e. The Balaban J connectivity index is 0.00000162. The molecule has 0 saturated carbocycles. The van der Waals surface area contributed by atoms with E-state index in [-0.39, 0.29) is 18.4 Å². The van der Waals surface area contributed by atoms with Crippen LogP contribution in [0.15, 0.2) is 14.1 Å². The molecule has 0 unspecified atom stereocenters. The van der Waals surface area contributed by atoms with E-state index in [1.807, 2.05) is 6.92 Å². The van der Waals surface area contributed by atoms with Crippen LogP contribution in [0.25, 0.3) is 0 Å². The molecule has 1 aliphatic rings. The predicted octanol–water partition coefficient (Wildman–Crippen LogP) is 2.35. The third-order valence-corrected chi connectivity index (χ3v) is 7.30. The Hall–Kier alpha value is 0.340. The molecule has 1 aromatic heterocycles. The molecule has 0 aliphatic carbocycles. The van der Waals surface area contributed by atoms with Gasteiger partial charge in [0.05, 0.1) is 3.79 Å². The van der Waals surface area contributed by atoms with Crippen LogP contribution in [0, 0.1) is 6.92 Å². The van der Waals surface area contributed by atoms with Gasteiger partial charge in [-0.3, -0.25) is 0 Å². The molecule has 0 aromatic carbocycles. The summed E-state index contributed by atoms with van der Waals surface area (Å²) in [4.78, 5) is 0. The van der Waals surface area contributed by atoms with Gasteiger partial charge in [-0.15, -0.1) is 23.7 Å². The highest BCUT2D eigenvalue weighted by molar-refractivity contribution is 9.11. The summed E-state index contributed by atoms with van der Waals surface area (Å²) in [5.74, 6) is 0. The van der Waals surface area contributed by atoms with Crippen molar-refractivity contribution in [3.8, 4) is 0 Å². The highest BCUT2D eigenvalue weighted by Crippen LogP contribution is 2.33. The van der Waals surface area contributed by atoms with Crippen LogP contribution in [0.2, 0.25) is 0 Å². The predicted molar refractivity (Wildman–Crippen MR) is 80.0 cm³/mol. The van der Waals surface area contributed by atoms with E-state index < -0.39 is 10.0 Å². The standard InChI is InChI=1S/C10H15BrN2O2S2.ClH/c1-7-5-9(16-10(7)11)17(14,15)13-4-2-3-8(12)6-13;/h5,8H,2-4,6,12H2,1H3;1H/t8-;/m1./s1. The van der Waals surface area contributed by atoms with E-state index in [0.29, 0.717) is 17.3 Å². The number of hydrogen-bond donors (Lipinski definition) is 1. The smallest absolute Gasteiger partial charge is 0.252 e. The maximum absolute atomic E-state index is 12.4. The number of halogens is 2. The number of sulfonamides is 1. The summed E-state index contributed by atoms with van der Waals surface area (Å²) < 4.78 is 27.5. The molecule has 2 rings (SSSR count). The molecule has 1 aromatic rings. The fourth-order valence-corrected chi connectivity index (χ4v) is 5.79. The molecule has 0 amide bonds. The Kier molecular flexibility index (Phi) is 5.64. The number of piperidine rings is 1. The molecule has 8 heteroatoms. The van der Waals surface area contributed by atoms with Gasteiger partial charge in [-0.05, 0) is 47.3 Å². The minimum absolute atomic E-state index is 0. The van der Waals surface area contributed by atoms with Crippen LogP contribution in [0.5, 0.6) is 0 Å². The molecule has 1 fully saturated rings. The first-order chi connectivity index (χ1) is 7.91. The summed E-state index contributed by atoms with van der Waals surface area (Å²) in [6, 6.07) is 1.67. The molecule has 2 N–H and O–H groups in total. The zero-order valence-corrected chi connectivity index (χ0v) is 14.0. The Bertz CT molecular complexity index is 498. The first-order valence-corrected chi connectivity index (χ1v) is 8.48. The van der Waals surface area contributed by atoms with E-state index in [2.05, 4.69) is 15.9 Å². The number of rotatable bonds is 2. The van der Waals surface area contributed by atoms with E-state index >= 15 is 0 Å². The molecule has 1 aliphatic heterocycles. The number of thiophene rings is 1. The number of nitrogens with two attached hydrogens (primary N) is 1. The van der Waals surface area contributed by atoms with Crippen molar-refractivity contribution in [1.29, 1.82) is 0 Å². The lowest BCUT2D eigenvalue weighted by molar-refractivity contribution is 0.316. The third-order valence-electron chi connectivity index (χ3n) is 2.85. The van der Waals surface area contributed by atoms with Gasteiger partial charge in [0, 0.05) is 19.1 Å². The summed E-state index contributed by atoms with van der Waals surface area (Å²) in [6.07, 6.45) is 1.74. The van der Waals surface area contributed by atoms with Crippen LogP contribution in [-0.2, 0) is 10.0 Å². The molecule has 0 bridgehead atoms. The van der Waals surface area contributed by atoms with Crippen molar-refractivity contribution >= 4 is 49.7 Å². The van der Waals surface area contributed by atoms with Gasteiger partial charge in [0.2, 0.25) is 0 Å². The van der Waals surface area contributed by atoms with E-state index in [1.165, 1.54) is 15.6 Å². The molecule has 0 spiro atoms. The first-order valence-electron chi connectivity index (χ1n) is 5.43. The molecule has 18 heavy (non-hydrogen) atoms. The Morgan fingerprint density at radius 3 is 2.72 bits per heavy atom. The van der Waals surface area contributed by atoms with Crippen LogP contribution in [-0.4, -0.2) is 31.9 Å². The van der Waals surface area contributed by atoms with Gasteiger partial charge in [0.1, 0.15) is 4.21 Å². The largest absolute Gasteiger partial charge is 0.327 e. The summed E-state index contributed by atoms with van der Waals surface area (Å²) in [5.41, 5.74) is 6.78. The minimum atomic E-state index is -3.35. The molecule has 104 valence electrons. The second-order valence-corrected chi connectivity index (χ2v) is 8.82.